The number of allylic oxidation sites excluding steroid dienone is 1. The lowest BCUT2D eigenvalue weighted by Gasteiger charge is -2.25. The Hall–Kier alpha value is -3.14. The number of nitriles is 1. The third-order valence-corrected chi connectivity index (χ3v) is 3.53. The van der Waals surface area contributed by atoms with Crippen molar-refractivity contribution in [3.05, 3.63) is 74.7 Å². The molecule has 3 rings (SSSR count). The molecular formula is C16H10F2N2O3. The van der Waals surface area contributed by atoms with Crippen LogP contribution in [0.5, 0.6) is 5.75 Å². The fraction of sp³-hybridized carbons (Fsp3) is 0.125. The standard InChI is InChI=1S/C16H10F2N2O3/c1-7-4-12-14(16(21)22-7)13(9(6-19)15(20)23-12)8-2-3-10(17)11(18)5-8/h2-5,13H,20H2,1H3/t13-/m1/s1. The molecule has 0 amide bonds. The molecule has 5 nitrogen and oxygen atoms in total. The second-order valence-electron chi connectivity index (χ2n) is 5.02. The zero-order chi connectivity index (χ0) is 16.7. The van der Waals surface area contributed by atoms with Crippen LogP contribution >= 0.6 is 0 Å². The average molecular weight is 316 g/mol. The van der Waals surface area contributed by atoms with Gasteiger partial charge in [0.15, 0.2) is 11.6 Å². The monoisotopic (exact) mass is 316 g/mol. The Morgan fingerprint density at radius 1 is 1.26 bits per heavy atom. The molecule has 2 heterocycles. The maximum absolute atomic E-state index is 13.6. The normalized spacial score (nSPS) is 16.5. The summed E-state index contributed by atoms with van der Waals surface area (Å²) in [4.78, 5) is 12.2. The number of nitrogens with zero attached hydrogens (tertiary/aromatic N) is 1. The highest BCUT2D eigenvalue weighted by Gasteiger charge is 2.34. The highest BCUT2D eigenvalue weighted by molar-refractivity contribution is 5.54. The largest absolute Gasteiger partial charge is 0.440 e. The number of benzene rings is 1. The highest BCUT2D eigenvalue weighted by Crippen LogP contribution is 2.40. The topological polar surface area (TPSA) is 89.2 Å². The zero-order valence-electron chi connectivity index (χ0n) is 11.9. The lowest BCUT2D eigenvalue weighted by molar-refractivity contribution is 0.371. The smallest absolute Gasteiger partial charge is 0.343 e. The first-order chi connectivity index (χ1) is 10.9. The number of hydrogen-bond donors (Lipinski definition) is 1. The summed E-state index contributed by atoms with van der Waals surface area (Å²) < 4.78 is 37.1. The molecule has 2 aromatic rings. The first-order valence-electron chi connectivity index (χ1n) is 6.59. The minimum atomic E-state index is -1.09. The van der Waals surface area contributed by atoms with Crippen LogP contribution in [0.3, 0.4) is 0 Å². The van der Waals surface area contributed by atoms with Crippen molar-refractivity contribution in [2.75, 3.05) is 0 Å². The quantitative estimate of drug-likeness (QED) is 0.873. The summed E-state index contributed by atoms with van der Waals surface area (Å²) >= 11 is 0. The van der Waals surface area contributed by atoms with E-state index < -0.39 is 23.2 Å². The van der Waals surface area contributed by atoms with Gasteiger partial charge in [0.1, 0.15) is 23.2 Å². The van der Waals surface area contributed by atoms with Crippen molar-refractivity contribution in [1.82, 2.24) is 0 Å². The second-order valence-corrected chi connectivity index (χ2v) is 5.02. The summed E-state index contributed by atoms with van der Waals surface area (Å²) in [6.07, 6.45) is 0. The predicted molar refractivity (Wildman–Crippen MR) is 75.4 cm³/mol. The molecule has 1 aromatic heterocycles. The van der Waals surface area contributed by atoms with Crippen LogP contribution in [0.4, 0.5) is 8.78 Å². The van der Waals surface area contributed by atoms with Crippen molar-refractivity contribution in [3.63, 3.8) is 0 Å². The first kappa shape index (κ1) is 14.8. The minimum Gasteiger partial charge on any atom is -0.440 e. The summed E-state index contributed by atoms with van der Waals surface area (Å²) in [5, 5.41) is 9.32. The van der Waals surface area contributed by atoms with E-state index in [1.54, 1.807) is 6.92 Å². The van der Waals surface area contributed by atoms with Crippen LogP contribution in [-0.4, -0.2) is 0 Å². The molecule has 0 radical (unpaired) electrons. The maximum atomic E-state index is 13.6. The Morgan fingerprint density at radius 2 is 2.00 bits per heavy atom. The zero-order valence-corrected chi connectivity index (χ0v) is 11.9. The van der Waals surface area contributed by atoms with Crippen LogP contribution in [0.15, 0.2) is 44.9 Å². The lowest BCUT2D eigenvalue weighted by Crippen LogP contribution is -2.26. The van der Waals surface area contributed by atoms with Gasteiger partial charge in [0.25, 0.3) is 0 Å². The number of ether oxygens (including phenoxy) is 1. The fourth-order valence-electron chi connectivity index (χ4n) is 2.54. The van der Waals surface area contributed by atoms with Crippen LogP contribution in [0, 0.1) is 29.9 Å². The van der Waals surface area contributed by atoms with Gasteiger partial charge in [0.2, 0.25) is 5.88 Å². The molecule has 0 aliphatic carbocycles. The maximum Gasteiger partial charge on any atom is 0.343 e. The van der Waals surface area contributed by atoms with Gasteiger partial charge in [0.05, 0.1) is 11.5 Å². The van der Waals surface area contributed by atoms with Gasteiger partial charge in [-0.15, -0.1) is 0 Å². The van der Waals surface area contributed by atoms with Crippen LogP contribution in [0.25, 0.3) is 0 Å². The van der Waals surface area contributed by atoms with E-state index in [1.165, 1.54) is 12.1 Å². The van der Waals surface area contributed by atoms with Crippen LogP contribution in [-0.2, 0) is 0 Å². The van der Waals surface area contributed by atoms with Crippen molar-refractivity contribution >= 4 is 0 Å². The molecule has 0 fully saturated rings. The van der Waals surface area contributed by atoms with Crippen molar-refractivity contribution in [2.45, 2.75) is 12.8 Å². The third kappa shape index (κ3) is 2.34. The fourth-order valence-corrected chi connectivity index (χ4v) is 2.54. The van der Waals surface area contributed by atoms with E-state index in [4.69, 9.17) is 14.9 Å². The molecule has 1 aliphatic heterocycles. The second kappa shape index (κ2) is 5.25. The van der Waals surface area contributed by atoms with Crippen molar-refractivity contribution in [2.24, 2.45) is 5.73 Å². The average Bonchev–Trinajstić information content (AvgIpc) is 2.48. The Morgan fingerprint density at radius 3 is 2.65 bits per heavy atom. The summed E-state index contributed by atoms with van der Waals surface area (Å²) in [7, 11) is 0. The summed E-state index contributed by atoms with van der Waals surface area (Å²) in [5.41, 5.74) is 5.16. The van der Waals surface area contributed by atoms with Crippen molar-refractivity contribution < 1.29 is 17.9 Å². The Kier molecular flexibility index (Phi) is 3.37. The predicted octanol–water partition coefficient (Wildman–Crippen LogP) is 2.44. The molecule has 7 heteroatoms. The summed E-state index contributed by atoms with van der Waals surface area (Å²) in [6.45, 7) is 1.55. The van der Waals surface area contributed by atoms with Gasteiger partial charge in [-0.2, -0.15) is 5.26 Å². The van der Waals surface area contributed by atoms with Gasteiger partial charge in [-0.1, -0.05) is 6.07 Å². The van der Waals surface area contributed by atoms with Crippen molar-refractivity contribution in [3.8, 4) is 11.8 Å². The minimum absolute atomic E-state index is 0.0207. The molecule has 116 valence electrons. The van der Waals surface area contributed by atoms with Gasteiger partial charge in [-0.3, -0.25) is 0 Å². The molecule has 1 aliphatic rings. The molecule has 2 N–H and O–H groups in total. The van der Waals surface area contributed by atoms with E-state index in [-0.39, 0.29) is 28.3 Å². The molecule has 1 aromatic carbocycles. The SMILES string of the molecule is Cc1cc2c(c(=O)o1)[C@H](c1ccc(F)c(F)c1)C(C#N)=C(N)O2. The van der Waals surface area contributed by atoms with E-state index in [9.17, 15) is 18.8 Å². The molecule has 0 spiro atoms. The lowest BCUT2D eigenvalue weighted by atomic mass is 9.84. The third-order valence-electron chi connectivity index (χ3n) is 3.53. The van der Waals surface area contributed by atoms with Gasteiger partial charge in [-0.25, -0.2) is 13.6 Å². The molecule has 1 atom stereocenters. The number of rotatable bonds is 1. The number of fused-ring (bicyclic) bond motifs is 1. The molecular weight excluding hydrogens is 306 g/mol. The van der Waals surface area contributed by atoms with Gasteiger partial charge >= 0.3 is 5.63 Å². The van der Waals surface area contributed by atoms with Gasteiger partial charge in [-0.05, 0) is 24.6 Å². The van der Waals surface area contributed by atoms with Gasteiger partial charge in [0, 0.05) is 6.07 Å². The summed E-state index contributed by atoms with van der Waals surface area (Å²) in [6, 6.07) is 6.41. The Bertz CT molecular complexity index is 941. The molecule has 0 bridgehead atoms. The van der Waals surface area contributed by atoms with Crippen LogP contribution in [0.1, 0.15) is 22.8 Å². The Labute approximate surface area is 129 Å². The van der Waals surface area contributed by atoms with Crippen LogP contribution in [0.2, 0.25) is 0 Å². The highest BCUT2D eigenvalue weighted by atomic mass is 19.2. The number of nitrogens with two attached hydrogens (primary N) is 1. The molecule has 0 unspecified atom stereocenters. The number of halogens is 2. The molecule has 0 saturated carbocycles. The summed E-state index contributed by atoms with van der Waals surface area (Å²) in [5.74, 6) is -2.89. The van der Waals surface area contributed by atoms with Crippen molar-refractivity contribution in [1.29, 1.82) is 5.26 Å². The molecule has 0 saturated heterocycles. The van der Waals surface area contributed by atoms with E-state index >= 15 is 0 Å². The first-order valence-corrected chi connectivity index (χ1v) is 6.59. The van der Waals surface area contributed by atoms with E-state index in [0.717, 1.165) is 12.1 Å². The number of hydrogen-bond acceptors (Lipinski definition) is 5. The van der Waals surface area contributed by atoms with Gasteiger partial charge < -0.3 is 14.9 Å². The van der Waals surface area contributed by atoms with E-state index in [0.29, 0.717) is 5.76 Å². The molecule has 23 heavy (non-hydrogen) atoms. The van der Waals surface area contributed by atoms with E-state index in [1.807, 2.05) is 6.07 Å². The van der Waals surface area contributed by atoms with Crippen LogP contribution < -0.4 is 16.1 Å². The van der Waals surface area contributed by atoms with E-state index in [2.05, 4.69) is 0 Å². The Balaban J connectivity index is 2.31. The number of aryl methyl sites for hydroxylation is 1.